The molecular weight excluding hydrogens is 1650 g/mol. The van der Waals surface area contributed by atoms with Crippen LogP contribution < -0.4 is 0 Å². The molecule has 0 aliphatic heterocycles. The summed E-state index contributed by atoms with van der Waals surface area (Å²) in [5.74, 6) is -6.31. The molecule has 0 fully saturated rings. The van der Waals surface area contributed by atoms with Gasteiger partial charge >= 0.3 is 29.8 Å². The summed E-state index contributed by atoms with van der Waals surface area (Å²) in [7, 11) is 12.6. The molecule has 0 spiro atoms. The van der Waals surface area contributed by atoms with Crippen LogP contribution in [0.25, 0.3) is 0 Å². The number of Topliss-reactive ketones (excluding diaryl/α,β-unsaturated/α-hetero) is 3. The number of hydrogen-bond donors (Lipinski definition) is 0. The van der Waals surface area contributed by atoms with E-state index in [1.807, 2.05) is 60.9 Å². The number of unbranched alkanes of at least 4 members (excludes halogenated alkanes) is 1. The number of halogens is 1. The van der Waals surface area contributed by atoms with Crippen molar-refractivity contribution < 1.29 is 85.2 Å². The van der Waals surface area contributed by atoms with Crippen LogP contribution in [0.1, 0.15) is 254 Å². The molecule has 0 saturated carbocycles. The molecule has 4 aromatic heterocycles. The normalized spacial score (nSPS) is 14.0. The SMILES string of the molecule is CC(CC(CC(C)(C#N)CCC(=O)OCCCn1ccnn1)C(=O)N(C)C)C(=O)OP(F)P.CCC.CCC.CCC(CC(CC(C)C(C)=O)C(=O)N(C)C)C(=O)OCn1ccnn1.CCCCOC(=O)CCC(C)(C#N)CC(CC(C)C(C)=O)C(=O)N(C)C.CCOC(=O)C(CC)CC(CC(C)C(C)=O)C(=O)N(C)C.CCn1ccnn1.CCn1ccnn1. The molecule has 4 heterocycles. The van der Waals surface area contributed by atoms with Gasteiger partial charge in [0.05, 0.1) is 85.3 Å². The number of hydrogen-bond acceptors (Lipinski definition) is 27. The summed E-state index contributed by atoms with van der Waals surface area (Å²) in [6, 6.07) is 4.47. The van der Waals surface area contributed by atoms with E-state index in [0.29, 0.717) is 84.0 Å². The topological polar surface area (TPSA) is 434 Å². The quantitative estimate of drug-likeness (QED) is 0.0171. The Morgan fingerprint density at radius 2 is 0.752 bits per heavy atom. The number of rotatable bonds is 47. The van der Waals surface area contributed by atoms with Crippen LogP contribution in [0.5, 0.6) is 0 Å². The lowest BCUT2D eigenvalue weighted by Gasteiger charge is -2.29. The van der Waals surface area contributed by atoms with Gasteiger partial charge in [-0.3, -0.25) is 71.6 Å². The number of ether oxygens (including phenoxy) is 4. The molecule has 4 rings (SSSR count). The largest absolute Gasteiger partial charge is 0.466 e. The fourth-order valence-electron chi connectivity index (χ4n) is 11.7. The highest BCUT2D eigenvalue weighted by Gasteiger charge is 2.38. The van der Waals surface area contributed by atoms with Gasteiger partial charge in [-0.05, 0) is 148 Å². The van der Waals surface area contributed by atoms with Crippen molar-refractivity contribution in [1.29, 1.82) is 10.5 Å². The Hall–Kier alpha value is -9.43. The summed E-state index contributed by atoms with van der Waals surface area (Å²) < 4.78 is 44.9. The molecule has 0 bridgehead atoms. The third-order valence-corrected chi connectivity index (χ3v) is 20.2. The fourth-order valence-corrected chi connectivity index (χ4v) is 12.4. The van der Waals surface area contributed by atoms with Crippen LogP contribution in [0.3, 0.4) is 0 Å². The maximum Gasteiger partial charge on any atom is 0.313 e. The predicted molar refractivity (Wildman–Crippen MR) is 479 cm³/mol. The van der Waals surface area contributed by atoms with E-state index < -0.39 is 60.5 Å². The lowest BCUT2D eigenvalue weighted by Crippen LogP contribution is -2.35. The van der Waals surface area contributed by atoms with Crippen molar-refractivity contribution in [3.63, 3.8) is 0 Å². The van der Waals surface area contributed by atoms with E-state index in [9.17, 15) is 72.3 Å². The summed E-state index contributed by atoms with van der Waals surface area (Å²) in [5.41, 5.74) is -1.82. The first kappa shape index (κ1) is 122. The van der Waals surface area contributed by atoms with Crippen molar-refractivity contribution in [2.75, 3.05) is 76.2 Å². The molecular formula is C87H153FN18O17P2. The van der Waals surface area contributed by atoms with E-state index in [1.54, 1.807) is 145 Å². The first-order valence-corrected chi connectivity index (χ1v) is 46.1. The van der Waals surface area contributed by atoms with Gasteiger partial charge in [0.25, 0.3) is 8.15 Å². The van der Waals surface area contributed by atoms with Gasteiger partial charge in [0.1, 0.15) is 17.3 Å². The van der Waals surface area contributed by atoms with E-state index in [0.717, 1.165) is 25.9 Å². The van der Waals surface area contributed by atoms with Crippen molar-refractivity contribution in [2.24, 2.45) is 70.0 Å². The zero-order chi connectivity index (χ0) is 96.5. The van der Waals surface area contributed by atoms with Crippen LogP contribution in [0.4, 0.5) is 4.20 Å². The molecule has 14 atom stereocenters. The summed E-state index contributed by atoms with van der Waals surface area (Å²) in [6.07, 6.45) is 22.8. The zero-order valence-corrected chi connectivity index (χ0v) is 82.2. The van der Waals surface area contributed by atoms with Crippen molar-refractivity contribution in [3.05, 3.63) is 49.6 Å². The molecule has 0 N–H and O–H groups in total. The molecule has 125 heavy (non-hydrogen) atoms. The highest BCUT2D eigenvalue weighted by atomic mass is 32.0. The van der Waals surface area contributed by atoms with Gasteiger partial charge in [-0.2, -0.15) is 14.7 Å². The first-order valence-electron chi connectivity index (χ1n) is 43.3. The molecule has 710 valence electrons. The molecule has 0 radical (unpaired) electrons. The first-order chi connectivity index (χ1) is 58.7. The molecule has 0 aliphatic carbocycles. The van der Waals surface area contributed by atoms with Gasteiger partial charge < -0.3 is 43.1 Å². The van der Waals surface area contributed by atoms with Gasteiger partial charge in [-0.1, -0.05) is 116 Å². The number of esters is 4. The van der Waals surface area contributed by atoms with Gasteiger partial charge in [0.15, 0.2) is 6.73 Å². The second-order valence-electron chi connectivity index (χ2n) is 32.2. The molecule has 0 aliphatic rings. The number of aryl methyl sites for hydroxylation is 3. The third kappa shape index (κ3) is 57.7. The van der Waals surface area contributed by atoms with Crippen LogP contribution >= 0.6 is 17.1 Å². The Labute approximate surface area is 747 Å². The van der Waals surface area contributed by atoms with Crippen LogP contribution in [0.2, 0.25) is 0 Å². The Bertz CT molecular complexity index is 3680. The lowest BCUT2D eigenvalue weighted by molar-refractivity contribution is -0.154. The fraction of sp³-hybridized carbons (Fsp3) is 0.747. The molecule has 38 heteroatoms. The number of carbonyl (C=O) groups excluding carboxylic acids is 12. The number of ketones is 3. The van der Waals surface area contributed by atoms with E-state index in [2.05, 4.69) is 85.6 Å². The molecule has 0 aromatic carbocycles. The Kier molecular flexibility index (Phi) is 68.9. The zero-order valence-electron chi connectivity index (χ0n) is 80.2. The summed E-state index contributed by atoms with van der Waals surface area (Å²) in [5, 5.41) is 48.9. The van der Waals surface area contributed by atoms with E-state index in [4.69, 9.17) is 18.9 Å². The molecule has 14 unspecified atom stereocenters. The molecule has 35 nitrogen and oxygen atoms in total. The molecule has 4 aromatic rings. The minimum atomic E-state index is -2.43. The number of amides is 4. The number of aromatic nitrogens is 12. The Balaban J connectivity index is -0.000000729. The summed E-state index contributed by atoms with van der Waals surface area (Å²) in [6.45, 7) is 38.4. The van der Waals surface area contributed by atoms with Crippen LogP contribution in [0, 0.1) is 92.7 Å². The average Bonchev–Trinajstić information content (AvgIpc) is 1.49. The number of nitriles is 2. The maximum atomic E-state index is 13.0. The van der Waals surface area contributed by atoms with Gasteiger partial charge in [0, 0.05) is 161 Å². The van der Waals surface area contributed by atoms with Gasteiger partial charge in [0.2, 0.25) is 23.6 Å². The third-order valence-electron chi connectivity index (χ3n) is 19.6. The van der Waals surface area contributed by atoms with Crippen LogP contribution in [0.15, 0.2) is 49.6 Å². The second-order valence-corrected chi connectivity index (χ2v) is 34.2. The highest BCUT2D eigenvalue weighted by molar-refractivity contribution is 8.08. The van der Waals surface area contributed by atoms with Crippen LogP contribution in [-0.4, -0.2) is 227 Å². The van der Waals surface area contributed by atoms with E-state index in [1.165, 1.54) is 64.1 Å². The van der Waals surface area contributed by atoms with E-state index in [-0.39, 0.29) is 134 Å². The molecule has 0 saturated heterocycles. The maximum absolute atomic E-state index is 13.0. The van der Waals surface area contributed by atoms with Crippen LogP contribution in [-0.2, 0) is 107 Å². The van der Waals surface area contributed by atoms with Gasteiger partial charge in [-0.15, -0.1) is 20.4 Å². The highest BCUT2D eigenvalue weighted by Crippen LogP contribution is 2.48. The van der Waals surface area contributed by atoms with Crippen molar-refractivity contribution in [3.8, 4) is 12.1 Å². The van der Waals surface area contributed by atoms with Crippen molar-refractivity contribution in [1.82, 2.24) is 79.6 Å². The molecule has 4 amide bonds. The van der Waals surface area contributed by atoms with E-state index >= 15 is 0 Å². The number of nitrogens with zero attached hydrogens (tertiary/aromatic N) is 18. The number of carbonyl (C=O) groups is 12. The Morgan fingerprint density at radius 3 is 1.03 bits per heavy atom. The standard InChI is InChI=1S/C20H32FN5O5P2.C20H34N2O4.C17H28N4O4.C16H29NO4.2C4H7N3.2C3H8/c1-15(19(29)31-33(21)32)12-16(18(28)25(3)4)13-20(2,14-22)7-6-17(27)30-11-5-9-26-10-8-23-24-26;1-7-8-11-26-18(24)9-10-20(4,14-21)13-17(19(25)22(5)6)12-15(2)16(3)23;1-6-14(17(24)25-11-21-8-7-18-19-21)10-15(16(23)20(4)5)9-12(2)13(3)22;1-7-13(16(20)21-8-2)10-14(15(19)17(5)6)9-11(3)12(4)18;2*1-2-7-4-3-5-6-7;2*1-3-2/h8,10,15-16H,5-7,9,11-13,32H2,1-4H3;15,17H,7-13H2,1-6H3;7-8,12,14-15H,6,9-11H2,1-5H3;11,13-14H,7-10H2,1-6H3;2*3-4H,2H2,1H3;2*3H2,1-2H3. The summed E-state index contributed by atoms with van der Waals surface area (Å²) in [4.78, 5) is 151. The smallest absolute Gasteiger partial charge is 0.313 e. The van der Waals surface area contributed by atoms with Crippen molar-refractivity contribution in [2.45, 2.75) is 280 Å². The predicted octanol–water partition coefficient (Wildman–Crippen LogP) is 13.8. The minimum absolute atomic E-state index is 0.00846. The van der Waals surface area contributed by atoms with Crippen molar-refractivity contribution >= 4 is 87.9 Å². The lowest BCUT2D eigenvalue weighted by atomic mass is 9.75. The average molecular weight is 1800 g/mol. The Morgan fingerprint density at radius 1 is 0.440 bits per heavy atom. The second kappa shape index (κ2) is 70.7. The van der Waals surface area contributed by atoms with Gasteiger partial charge in [-0.25, -0.2) is 4.68 Å². The summed E-state index contributed by atoms with van der Waals surface area (Å²) >= 11 is 0. The monoisotopic (exact) mass is 1800 g/mol. The minimum Gasteiger partial charge on any atom is -0.466 e.